The molecule has 1 aliphatic rings. The third-order valence-corrected chi connectivity index (χ3v) is 3.64. The van der Waals surface area contributed by atoms with Gasteiger partial charge in [0.25, 0.3) is 0 Å². The van der Waals surface area contributed by atoms with Gasteiger partial charge in [0.05, 0.1) is 0 Å². The van der Waals surface area contributed by atoms with Gasteiger partial charge in [-0.1, -0.05) is 58.9 Å². The Hall–Kier alpha value is 1.37. The predicted octanol–water partition coefficient (Wildman–Crippen LogP) is 2.84. The van der Waals surface area contributed by atoms with Crippen molar-refractivity contribution in [1.82, 2.24) is 0 Å². The second-order valence-electron chi connectivity index (χ2n) is 0.917. The molecule has 0 atom stereocenters. The van der Waals surface area contributed by atoms with Gasteiger partial charge in [0.2, 0.25) is 3.00 Å². The summed E-state index contributed by atoms with van der Waals surface area (Å²) in [5.74, 6) is 0. The maximum absolute atomic E-state index is 5.50. The first-order valence-corrected chi connectivity index (χ1v) is 4.20. The number of hydrogen-bond acceptors (Lipinski definition) is 3. The van der Waals surface area contributed by atoms with Crippen molar-refractivity contribution in [3.8, 4) is 0 Å². The molecule has 0 saturated carbocycles. The van der Waals surface area contributed by atoms with Crippen LogP contribution in [0.1, 0.15) is 0 Å². The van der Waals surface area contributed by atoms with Crippen LogP contribution in [-0.4, -0.2) is 6.53 Å². The van der Waals surface area contributed by atoms with Crippen molar-refractivity contribution in [1.29, 1.82) is 0 Å². The Morgan fingerprint density at radius 3 is 1.86 bits per heavy atom. The molecule has 1 rings (SSSR count). The van der Waals surface area contributed by atoms with Crippen LogP contribution in [0, 0.1) is 0 Å². The van der Waals surface area contributed by atoms with Crippen LogP contribution < -0.4 is 0 Å². The van der Waals surface area contributed by atoms with Crippen molar-refractivity contribution in [3.05, 3.63) is 0 Å². The minimum atomic E-state index is -0.670. The van der Waals surface area contributed by atoms with Crippen LogP contribution in [-0.2, 0) is 0 Å². The van der Waals surface area contributed by atoms with Crippen LogP contribution in [0.3, 0.4) is 0 Å². The quantitative estimate of drug-likeness (QED) is 0.427. The van der Waals surface area contributed by atoms with Crippen molar-refractivity contribution < 1.29 is 0 Å². The Labute approximate surface area is 65.3 Å². The summed E-state index contributed by atoms with van der Waals surface area (Å²) in [4.78, 5) is 0. The van der Waals surface area contributed by atoms with E-state index in [-0.39, 0.29) is 0 Å². The van der Waals surface area contributed by atoms with Crippen LogP contribution >= 0.6 is 58.9 Å². The second-order valence-corrected chi connectivity index (χ2v) is 7.03. The number of thioether (sulfide) groups is 2. The van der Waals surface area contributed by atoms with Gasteiger partial charge in [-0.05, 0) is 0 Å². The molecule has 7 heavy (non-hydrogen) atoms. The molecule has 40 valence electrons. The molecule has 0 aromatic rings. The molecule has 1 fully saturated rings. The van der Waals surface area contributed by atoms with E-state index in [0.29, 0.717) is 0 Å². The zero-order valence-electron chi connectivity index (χ0n) is 2.98. The van der Waals surface area contributed by atoms with Crippen LogP contribution in [0.15, 0.2) is 0 Å². The summed E-state index contributed by atoms with van der Waals surface area (Å²) >= 11 is 18.3. The van der Waals surface area contributed by atoms with Crippen molar-refractivity contribution in [2.45, 2.75) is 3.00 Å². The fourth-order valence-electron chi connectivity index (χ4n) is 0.202. The number of halogens is 2. The SMILES string of the molecule is S=C1SC(Cl)(Cl)S1. The Morgan fingerprint density at radius 2 is 1.86 bits per heavy atom. The number of alkyl halides is 2. The minimum absolute atomic E-state index is 0.670. The maximum atomic E-state index is 5.50. The fraction of sp³-hybridized carbons (Fsp3) is 0.500. The molecule has 0 aromatic heterocycles. The predicted molar refractivity (Wildman–Crippen MR) is 42.2 cm³/mol. The molecular weight excluding hydrogens is 191 g/mol. The summed E-state index contributed by atoms with van der Waals surface area (Å²) in [6.07, 6.45) is 0. The first kappa shape index (κ1) is 6.49. The van der Waals surface area contributed by atoms with Gasteiger partial charge in [-0.3, -0.25) is 0 Å². The standard InChI is InChI=1S/C2Cl2S3/c3-2(4)6-1(5)7-2. The first-order chi connectivity index (χ1) is 3.10. The van der Waals surface area contributed by atoms with Crippen LogP contribution in [0.5, 0.6) is 0 Å². The van der Waals surface area contributed by atoms with E-state index < -0.39 is 3.00 Å². The Balaban J connectivity index is 2.43. The van der Waals surface area contributed by atoms with Crippen molar-refractivity contribution in [2.24, 2.45) is 0 Å². The molecule has 1 aliphatic heterocycles. The van der Waals surface area contributed by atoms with Gasteiger partial charge in [0.1, 0.15) is 3.53 Å². The zero-order valence-corrected chi connectivity index (χ0v) is 6.94. The smallest absolute Gasteiger partial charge is 0.0765 e. The Kier molecular flexibility index (Phi) is 1.81. The third kappa shape index (κ3) is 1.64. The molecule has 1 heterocycles. The highest BCUT2D eigenvalue weighted by molar-refractivity contribution is 8.62. The van der Waals surface area contributed by atoms with Gasteiger partial charge in [-0.15, -0.1) is 0 Å². The number of rotatable bonds is 0. The van der Waals surface area contributed by atoms with Crippen LogP contribution in [0.25, 0.3) is 0 Å². The zero-order chi connectivity index (χ0) is 5.49. The first-order valence-electron chi connectivity index (χ1n) is 1.40. The Bertz CT molecular complexity index is 99.5. The largest absolute Gasteiger partial charge is 0.220 e. The van der Waals surface area contributed by atoms with Gasteiger partial charge in [0, 0.05) is 0 Å². The van der Waals surface area contributed by atoms with Gasteiger partial charge < -0.3 is 0 Å². The lowest BCUT2D eigenvalue weighted by molar-refractivity contribution is 1.84. The van der Waals surface area contributed by atoms with Gasteiger partial charge in [-0.25, -0.2) is 0 Å². The van der Waals surface area contributed by atoms with Gasteiger partial charge in [0.15, 0.2) is 0 Å². The summed E-state index contributed by atoms with van der Waals surface area (Å²) in [5, 5.41) is 0. The molecule has 0 bridgehead atoms. The van der Waals surface area contributed by atoms with E-state index in [1.165, 1.54) is 23.5 Å². The van der Waals surface area contributed by atoms with E-state index in [1.54, 1.807) is 0 Å². The van der Waals surface area contributed by atoms with E-state index >= 15 is 0 Å². The highest BCUT2D eigenvalue weighted by Gasteiger charge is 2.39. The topological polar surface area (TPSA) is 0 Å². The molecule has 0 aliphatic carbocycles. The van der Waals surface area contributed by atoms with Crippen molar-refractivity contribution in [3.63, 3.8) is 0 Å². The number of thiocarbonyl (C=S) groups is 1. The lowest BCUT2D eigenvalue weighted by Gasteiger charge is -2.26. The molecular formula is C2Cl2S3. The summed E-state index contributed by atoms with van der Waals surface area (Å²) < 4.78 is 0.155. The lowest BCUT2D eigenvalue weighted by Crippen LogP contribution is -2.15. The summed E-state index contributed by atoms with van der Waals surface area (Å²) in [5.41, 5.74) is 0. The summed E-state index contributed by atoms with van der Waals surface area (Å²) in [7, 11) is 0. The average molecular weight is 191 g/mol. The molecule has 0 aromatic carbocycles. The number of hydrogen-bond donors (Lipinski definition) is 0. The molecule has 0 unspecified atom stereocenters. The van der Waals surface area contributed by atoms with Gasteiger partial charge in [-0.2, -0.15) is 0 Å². The molecule has 0 nitrogen and oxygen atoms in total. The van der Waals surface area contributed by atoms with E-state index in [4.69, 9.17) is 23.2 Å². The van der Waals surface area contributed by atoms with Crippen LogP contribution in [0.2, 0.25) is 0 Å². The fourth-order valence-corrected chi connectivity index (χ4v) is 4.70. The normalized spacial score (nSPS) is 26.9. The molecule has 0 N–H and O–H groups in total. The molecule has 0 amide bonds. The van der Waals surface area contributed by atoms with Crippen LogP contribution in [0.4, 0.5) is 0 Å². The second kappa shape index (κ2) is 1.95. The van der Waals surface area contributed by atoms with Crippen molar-refractivity contribution >= 4 is 62.5 Å². The highest BCUT2D eigenvalue weighted by Crippen LogP contribution is 2.58. The minimum Gasteiger partial charge on any atom is -0.0765 e. The van der Waals surface area contributed by atoms with E-state index in [9.17, 15) is 0 Å². The molecule has 0 spiro atoms. The van der Waals surface area contributed by atoms with Gasteiger partial charge >= 0.3 is 0 Å². The maximum Gasteiger partial charge on any atom is 0.220 e. The monoisotopic (exact) mass is 190 g/mol. The van der Waals surface area contributed by atoms with E-state index in [0.717, 1.165) is 3.53 Å². The third-order valence-electron chi connectivity index (χ3n) is 0.404. The summed E-state index contributed by atoms with van der Waals surface area (Å²) in [6, 6.07) is 0. The highest BCUT2D eigenvalue weighted by atomic mass is 35.5. The molecule has 0 radical (unpaired) electrons. The molecule has 5 heteroatoms. The van der Waals surface area contributed by atoms with E-state index in [1.807, 2.05) is 0 Å². The molecule has 1 saturated heterocycles. The summed E-state index contributed by atoms with van der Waals surface area (Å²) in [6.45, 7) is 0. The average Bonchev–Trinajstić information content (AvgIpc) is 1.27. The Morgan fingerprint density at radius 1 is 1.43 bits per heavy atom. The lowest BCUT2D eigenvalue weighted by atomic mass is 11.8. The van der Waals surface area contributed by atoms with Crippen molar-refractivity contribution in [2.75, 3.05) is 0 Å². The van der Waals surface area contributed by atoms with E-state index in [2.05, 4.69) is 12.2 Å².